The van der Waals surface area contributed by atoms with E-state index in [1.165, 1.54) is 18.3 Å². The Morgan fingerprint density at radius 3 is 2.80 bits per heavy atom. The number of nitrogens with two attached hydrogens (primary N) is 1. The fourth-order valence-corrected chi connectivity index (χ4v) is 3.59. The van der Waals surface area contributed by atoms with Gasteiger partial charge in [0.1, 0.15) is 10.5 Å². The zero-order valence-electron chi connectivity index (χ0n) is 13.9. The second-order valence-electron chi connectivity index (χ2n) is 5.96. The highest BCUT2D eigenvalue weighted by Gasteiger charge is 2.25. The van der Waals surface area contributed by atoms with Crippen molar-refractivity contribution in [2.45, 2.75) is 25.8 Å². The molecule has 7 nitrogen and oxygen atoms in total. The van der Waals surface area contributed by atoms with Crippen LogP contribution < -0.4 is 15.8 Å². The molecule has 8 heteroatoms. The van der Waals surface area contributed by atoms with Gasteiger partial charge in [-0.1, -0.05) is 6.07 Å². The van der Waals surface area contributed by atoms with Gasteiger partial charge in [0.15, 0.2) is 5.78 Å². The maximum Gasteiger partial charge on any atom is 0.224 e. The van der Waals surface area contributed by atoms with Crippen molar-refractivity contribution in [1.29, 1.82) is 0 Å². The van der Waals surface area contributed by atoms with Crippen LogP contribution in [0.5, 0.6) is 5.88 Å². The van der Waals surface area contributed by atoms with E-state index in [1.807, 2.05) is 12.1 Å². The minimum Gasteiger partial charge on any atom is -0.481 e. The summed E-state index contributed by atoms with van der Waals surface area (Å²) in [6.07, 6.45) is 2.22. The maximum absolute atomic E-state index is 11.9. The molecule has 0 atom stereocenters. The number of Topliss-reactive ketones (excluding diaryl/α,β-unsaturated/α-hetero) is 1. The Morgan fingerprint density at radius 2 is 2.12 bits per heavy atom. The van der Waals surface area contributed by atoms with Crippen LogP contribution in [-0.2, 0) is 0 Å². The maximum atomic E-state index is 11.9. The van der Waals surface area contributed by atoms with Crippen molar-refractivity contribution in [2.75, 3.05) is 18.2 Å². The second-order valence-corrected chi connectivity index (χ2v) is 6.96. The van der Waals surface area contributed by atoms with E-state index in [9.17, 15) is 4.79 Å². The molecule has 3 N–H and O–H groups in total. The number of nitrogens with zero attached hydrogens (tertiary/aromatic N) is 3. The molecule has 25 heavy (non-hydrogen) atoms. The highest BCUT2D eigenvalue weighted by atomic mass is 32.1. The monoisotopic (exact) mass is 355 g/mol. The molecule has 4 rings (SSSR count). The topological polar surface area (TPSA) is 103 Å². The summed E-state index contributed by atoms with van der Waals surface area (Å²) >= 11 is 1.29. The molecule has 0 bridgehead atoms. The molecule has 0 saturated heterocycles. The predicted octanol–water partition coefficient (Wildman–Crippen LogP) is 3.12. The van der Waals surface area contributed by atoms with E-state index in [1.54, 1.807) is 13.2 Å². The molecular weight excluding hydrogens is 338 g/mol. The summed E-state index contributed by atoms with van der Waals surface area (Å²) in [5.74, 6) is 0.939. The molecule has 0 unspecified atom stereocenters. The van der Waals surface area contributed by atoms with Crippen LogP contribution >= 0.6 is 11.3 Å². The molecule has 1 aliphatic carbocycles. The number of hydrogen-bond donors (Lipinski definition) is 2. The van der Waals surface area contributed by atoms with Crippen molar-refractivity contribution in [2.24, 2.45) is 0 Å². The Balaban J connectivity index is 1.96. The number of pyridine rings is 1. The summed E-state index contributed by atoms with van der Waals surface area (Å²) in [6.45, 7) is 1.50. The zero-order chi connectivity index (χ0) is 17.6. The third-order valence-corrected chi connectivity index (χ3v) is 5.19. The van der Waals surface area contributed by atoms with Gasteiger partial charge in [0.05, 0.1) is 28.8 Å². The molecule has 0 aromatic carbocycles. The van der Waals surface area contributed by atoms with Gasteiger partial charge in [0.2, 0.25) is 11.8 Å². The van der Waals surface area contributed by atoms with Crippen LogP contribution in [0, 0.1) is 0 Å². The zero-order valence-corrected chi connectivity index (χ0v) is 14.7. The van der Waals surface area contributed by atoms with Crippen LogP contribution in [-0.4, -0.2) is 33.9 Å². The largest absolute Gasteiger partial charge is 0.481 e. The molecule has 3 aromatic heterocycles. The van der Waals surface area contributed by atoms with Crippen LogP contribution in [0.1, 0.15) is 29.4 Å². The molecule has 3 aromatic rings. The number of hydrogen-bond acceptors (Lipinski definition) is 8. The first kappa shape index (κ1) is 15.8. The molecule has 0 radical (unpaired) electrons. The van der Waals surface area contributed by atoms with Crippen molar-refractivity contribution in [1.82, 2.24) is 15.0 Å². The van der Waals surface area contributed by atoms with Crippen LogP contribution in [0.25, 0.3) is 21.6 Å². The third-order valence-electron chi connectivity index (χ3n) is 3.99. The van der Waals surface area contributed by atoms with Gasteiger partial charge in [-0.25, -0.2) is 15.0 Å². The average Bonchev–Trinajstić information content (AvgIpc) is 3.36. The Labute approximate surface area is 148 Å². The van der Waals surface area contributed by atoms with Gasteiger partial charge in [-0.15, -0.1) is 11.3 Å². The number of anilines is 2. The molecule has 0 spiro atoms. The van der Waals surface area contributed by atoms with Crippen LogP contribution in [0.2, 0.25) is 0 Å². The van der Waals surface area contributed by atoms with Gasteiger partial charge in [0, 0.05) is 19.0 Å². The lowest BCUT2D eigenvalue weighted by atomic mass is 10.1. The summed E-state index contributed by atoms with van der Waals surface area (Å²) < 4.78 is 5.21. The number of carbonyl (C=O) groups excluding carboxylic acids is 1. The van der Waals surface area contributed by atoms with Gasteiger partial charge < -0.3 is 15.8 Å². The molecule has 3 heterocycles. The molecule has 1 fully saturated rings. The number of fused-ring (bicyclic) bond motifs is 1. The van der Waals surface area contributed by atoms with E-state index in [-0.39, 0.29) is 5.78 Å². The van der Waals surface area contributed by atoms with E-state index >= 15 is 0 Å². The summed E-state index contributed by atoms with van der Waals surface area (Å²) in [7, 11) is 1.56. The van der Waals surface area contributed by atoms with Gasteiger partial charge in [0.25, 0.3) is 0 Å². The minimum atomic E-state index is -0.0817. The van der Waals surface area contributed by atoms with Crippen LogP contribution in [0.15, 0.2) is 18.2 Å². The van der Waals surface area contributed by atoms with Crippen LogP contribution in [0.4, 0.5) is 11.6 Å². The van der Waals surface area contributed by atoms with Crippen molar-refractivity contribution in [3.63, 3.8) is 0 Å². The normalized spacial score (nSPS) is 13.8. The smallest absolute Gasteiger partial charge is 0.224 e. The third kappa shape index (κ3) is 2.89. The number of nitrogen functional groups attached to an aromatic ring is 1. The fourth-order valence-electron chi connectivity index (χ4n) is 2.60. The van der Waals surface area contributed by atoms with Crippen LogP contribution in [0.3, 0.4) is 0 Å². The number of thiophene rings is 1. The first-order chi connectivity index (χ1) is 12.1. The predicted molar refractivity (Wildman–Crippen MR) is 98.3 cm³/mol. The number of aromatic nitrogens is 3. The number of ether oxygens (including phenoxy) is 1. The first-order valence-electron chi connectivity index (χ1n) is 7.95. The Bertz CT molecular complexity index is 981. The molecule has 0 aliphatic heterocycles. The summed E-state index contributed by atoms with van der Waals surface area (Å²) in [4.78, 5) is 26.7. The highest BCUT2D eigenvalue weighted by molar-refractivity contribution is 7.21. The highest BCUT2D eigenvalue weighted by Crippen LogP contribution is 2.39. The summed E-state index contributed by atoms with van der Waals surface area (Å²) in [6, 6.07) is 5.87. The molecular formula is C17H17N5O2S. The summed E-state index contributed by atoms with van der Waals surface area (Å²) in [5.41, 5.74) is 7.88. The van der Waals surface area contributed by atoms with E-state index in [4.69, 9.17) is 10.5 Å². The summed E-state index contributed by atoms with van der Waals surface area (Å²) in [5, 5.41) is 3.97. The quantitative estimate of drug-likeness (QED) is 0.678. The number of ketones is 1. The lowest BCUT2D eigenvalue weighted by Gasteiger charge is -2.08. The minimum absolute atomic E-state index is 0.0817. The van der Waals surface area contributed by atoms with Gasteiger partial charge in [-0.05, 0) is 18.9 Å². The van der Waals surface area contributed by atoms with E-state index in [0.717, 1.165) is 12.8 Å². The fraction of sp³-hybridized carbons (Fsp3) is 0.294. The first-order valence-corrected chi connectivity index (χ1v) is 8.77. The lowest BCUT2D eigenvalue weighted by Crippen LogP contribution is -2.06. The Hall–Kier alpha value is -2.74. The molecule has 1 aliphatic rings. The second kappa shape index (κ2) is 5.96. The average molecular weight is 355 g/mol. The van der Waals surface area contributed by atoms with Crippen molar-refractivity contribution in [3.8, 4) is 17.3 Å². The number of nitrogens with one attached hydrogen (secondary N) is 1. The van der Waals surface area contributed by atoms with Gasteiger partial charge >= 0.3 is 0 Å². The Kier molecular flexibility index (Phi) is 3.76. The van der Waals surface area contributed by atoms with E-state index < -0.39 is 0 Å². The number of methoxy groups -OCH3 is 1. The molecule has 128 valence electrons. The van der Waals surface area contributed by atoms with Crippen molar-refractivity contribution >= 4 is 39.0 Å². The number of rotatable bonds is 5. The van der Waals surface area contributed by atoms with E-state index in [2.05, 4.69) is 20.3 Å². The SMILES string of the molecule is COc1cccc(-c2nc(NC3CC3)nc3sc(C(C)=O)c(N)c23)n1. The van der Waals surface area contributed by atoms with Crippen molar-refractivity contribution < 1.29 is 9.53 Å². The number of carbonyl (C=O) groups is 1. The standard InChI is InChI=1S/C17H17N5O2S/c1-8(23)15-13(18)12-14(10-4-3-5-11(20-10)24-2)21-17(19-9-6-7-9)22-16(12)25-15/h3-5,9H,6-7,18H2,1-2H3,(H,19,21,22). The van der Waals surface area contributed by atoms with Crippen molar-refractivity contribution in [3.05, 3.63) is 23.1 Å². The van der Waals surface area contributed by atoms with E-state index in [0.29, 0.717) is 50.0 Å². The lowest BCUT2D eigenvalue weighted by molar-refractivity contribution is 0.102. The Morgan fingerprint density at radius 1 is 1.32 bits per heavy atom. The molecule has 1 saturated carbocycles. The van der Waals surface area contributed by atoms with Gasteiger partial charge in [-0.2, -0.15) is 0 Å². The molecule has 0 amide bonds. The van der Waals surface area contributed by atoms with Gasteiger partial charge in [-0.3, -0.25) is 4.79 Å².